The van der Waals surface area contributed by atoms with Crippen LogP contribution in [0.15, 0.2) is 41.8 Å². The number of anilines is 1. The van der Waals surface area contributed by atoms with Crippen molar-refractivity contribution in [1.82, 2.24) is 4.98 Å². The highest BCUT2D eigenvalue weighted by atomic mass is 15.3. The van der Waals surface area contributed by atoms with Gasteiger partial charge in [0.15, 0.2) is 0 Å². The number of nitrogens with one attached hydrogen (secondary N) is 1. The van der Waals surface area contributed by atoms with Crippen molar-refractivity contribution < 1.29 is 0 Å². The summed E-state index contributed by atoms with van der Waals surface area (Å²) in [4.78, 5) is 4.03. The molecule has 2 rings (SSSR count). The summed E-state index contributed by atoms with van der Waals surface area (Å²) >= 11 is 0. The zero-order chi connectivity index (χ0) is 9.10. The van der Waals surface area contributed by atoms with E-state index in [2.05, 4.69) is 22.2 Å². The Kier molecular flexibility index (Phi) is 1.92. The summed E-state index contributed by atoms with van der Waals surface area (Å²) in [6.45, 7) is 3.36. The summed E-state index contributed by atoms with van der Waals surface area (Å²) in [7, 11) is 0. The summed E-state index contributed by atoms with van der Waals surface area (Å²) in [6.07, 6.45) is 3.61. The Balaban J connectivity index is 2.55. The molecule has 0 atom stereocenters. The van der Waals surface area contributed by atoms with Gasteiger partial charge in [0.05, 0.1) is 5.69 Å². The Morgan fingerprint density at radius 3 is 3.00 bits per heavy atom. The molecule has 1 N–H and O–H groups in total. The number of aromatic nitrogens is 1. The van der Waals surface area contributed by atoms with Gasteiger partial charge < -0.3 is 0 Å². The third-order valence-corrected chi connectivity index (χ3v) is 1.85. The van der Waals surface area contributed by atoms with E-state index in [0.29, 0.717) is 0 Å². The molecule has 0 saturated heterocycles. The maximum absolute atomic E-state index is 4.03. The van der Waals surface area contributed by atoms with Crippen molar-refractivity contribution in [3.05, 3.63) is 36.7 Å². The van der Waals surface area contributed by atoms with Gasteiger partial charge in [-0.15, -0.1) is 0 Å². The van der Waals surface area contributed by atoms with Crippen LogP contribution in [0.1, 0.15) is 0 Å². The molecule has 0 aliphatic heterocycles. The second kappa shape index (κ2) is 3.23. The summed E-state index contributed by atoms with van der Waals surface area (Å²) in [5.41, 5.74) is 3.73. The van der Waals surface area contributed by atoms with Crippen molar-refractivity contribution in [2.75, 3.05) is 5.43 Å². The lowest BCUT2D eigenvalue weighted by Crippen LogP contribution is -1.85. The van der Waals surface area contributed by atoms with Crippen LogP contribution in [0.2, 0.25) is 0 Å². The summed E-state index contributed by atoms with van der Waals surface area (Å²) in [5, 5.41) is 5.86. The minimum absolute atomic E-state index is 0.939. The van der Waals surface area contributed by atoms with Gasteiger partial charge >= 0.3 is 0 Å². The van der Waals surface area contributed by atoms with E-state index < -0.39 is 0 Å². The average molecular weight is 171 g/mol. The van der Waals surface area contributed by atoms with E-state index in [1.807, 2.05) is 30.5 Å². The van der Waals surface area contributed by atoms with Crippen molar-refractivity contribution in [2.45, 2.75) is 0 Å². The molecular formula is C10H9N3. The van der Waals surface area contributed by atoms with E-state index in [1.54, 1.807) is 6.20 Å². The van der Waals surface area contributed by atoms with E-state index >= 15 is 0 Å². The SMILES string of the molecule is C=NNc1ccc2cnccc2c1. The highest BCUT2D eigenvalue weighted by Gasteiger charge is 1.93. The molecule has 0 fully saturated rings. The predicted octanol–water partition coefficient (Wildman–Crippen LogP) is 2.26. The molecular weight excluding hydrogens is 162 g/mol. The zero-order valence-corrected chi connectivity index (χ0v) is 7.07. The first-order valence-corrected chi connectivity index (χ1v) is 3.95. The van der Waals surface area contributed by atoms with Crippen LogP contribution in [-0.2, 0) is 0 Å². The average Bonchev–Trinajstić information content (AvgIpc) is 2.18. The lowest BCUT2D eigenvalue weighted by Gasteiger charge is -2.01. The quantitative estimate of drug-likeness (QED) is 0.556. The van der Waals surface area contributed by atoms with Crippen LogP contribution < -0.4 is 5.43 Å². The lowest BCUT2D eigenvalue weighted by molar-refractivity contribution is 1.35. The first kappa shape index (κ1) is 7.73. The van der Waals surface area contributed by atoms with Gasteiger partial charge in [0.2, 0.25) is 0 Å². The molecule has 2 aromatic rings. The number of hydrogen-bond donors (Lipinski definition) is 1. The Morgan fingerprint density at radius 1 is 1.23 bits per heavy atom. The van der Waals surface area contributed by atoms with Gasteiger partial charge in [-0.1, -0.05) is 6.07 Å². The van der Waals surface area contributed by atoms with Gasteiger partial charge in [-0.25, -0.2) is 0 Å². The number of fused-ring (bicyclic) bond motifs is 1. The van der Waals surface area contributed by atoms with Crippen molar-refractivity contribution in [3.8, 4) is 0 Å². The Hall–Kier alpha value is -1.90. The minimum atomic E-state index is 0.939. The number of hydrogen-bond acceptors (Lipinski definition) is 3. The maximum atomic E-state index is 4.03. The Morgan fingerprint density at radius 2 is 2.15 bits per heavy atom. The van der Waals surface area contributed by atoms with E-state index in [4.69, 9.17) is 0 Å². The van der Waals surface area contributed by atoms with Crippen LogP contribution in [0.4, 0.5) is 5.69 Å². The highest BCUT2D eigenvalue weighted by Crippen LogP contribution is 2.17. The van der Waals surface area contributed by atoms with Gasteiger partial charge in [0, 0.05) is 24.5 Å². The van der Waals surface area contributed by atoms with E-state index in [9.17, 15) is 0 Å². The number of nitrogens with zero attached hydrogens (tertiary/aromatic N) is 2. The normalized spacial score (nSPS) is 9.85. The minimum Gasteiger partial charge on any atom is -0.279 e. The largest absolute Gasteiger partial charge is 0.279 e. The number of benzene rings is 1. The molecule has 3 heteroatoms. The van der Waals surface area contributed by atoms with Crippen LogP contribution in [0.25, 0.3) is 10.8 Å². The molecule has 0 unspecified atom stereocenters. The maximum Gasteiger partial charge on any atom is 0.0567 e. The Bertz CT molecular complexity index is 437. The summed E-state index contributed by atoms with van der Waals surface area (Å²) < 4.78 is 0. The molecule has 0 amide bonds. The van der Waals surface area contributed by atoms with Crippen molar-refractivity contribution in [2.24, 2.45) is 5.10 Å². The summed E-state index contributed by atoms with van der Waals surface area (Å²) in [6, 6.07) is 7.91. The van der Waals surface area contributed by atoms with Gasteiger partial charge in [-0.3, -0.25) is 10.4 Å². The molecule has 1 aromatic heterocycles. The topological polar surface area (TPSA) is 37.3 Å². The number of pyridine rings is 1. The molecule has 3 nitrogen and oxygen atoms in total. The fourth-order valence-corrected chi connectivity index (χ4v) is 1.24. The summed E-state index contributed by atoms with van der Waals surface area (Å²) in [5.74, 6) is 0. The molecule has 64 valence electrons. The molecule has 1 heterocycles. The first-order valence-electron chi connectivity index (χ1n) is 3.95. The first-order chi connectivity index (χ1) is 6.40. The van der Waals surface area contributed by atoms with E-state index in [0.717, 1.165) is 16.5 Å². The van der Waals surface area contributed by atoms with Crippen LogP contribution in [-0.4, -0.2) is 11.7 Å². The number of rotatable bonds is 2. The van der Waals surface area contributed by atoms with E-state index in [-0.39, 0.29) is 0 Å². The molecule has 0 spiro atoms. The van der Waals surface area contributed by atoms with Crippen molar-refractivity contribution >= 4 is 23.2 Å². The number of hydrazone groups is 1. The molecule has 1 aromatic carbocycles. The fourth-order valence-electron chi connectivity index (χ4n) is 1.24. The molecule has 0 bridgehead atoms. The second-order valence-corrected chi connectivity index (χ2v) is 2.71. The smallest absolute Gasteiger partial charge is 0.0567 e. The molecule has 0 aliphatic rings. The van der Waals surface area contributed by atoms with Gasteiger partial charge in [0.25, 0.3) is 0 Å². The van der Waals surface area contributed by atoms with Crippen LogP contribution in [0.5, 0.6) is 0 Å². The van der Waals surface area contributed by atoms with Gasteiger partial charge in [-0.05, 0) is 23.6 Å². The van der Waals surface area contributed by atoms with Gasteiger partial charge in [0.1, 0.15) is 0 Å². The van der Waals surface area contributed by atoms with Crippen LogP contribution in [0, 0.1) is 0 Å². The third-order valence-electron chi connectivity index (χ3n) is 1.85. The standard InChI is InChI=1S/C10H9N3/c1-11-13-10-3-2-9-7-12-5-4-8(9)6-10/h2-7,13H,1H2. The van der Waals surface area contributed by atoms with Crippen LogP contribution >= 0.6 is 0 Å². The fraction of sp³-hybridized carbons (Fsp3) is 0. The molecule has 0 radical (unpaired) electrons. The highest BCUT2D eigenvalue weighted by molar-refractivity contribution is 5.84. The van der Waals surface area contributed by atoms with Gasteiger partial charge in [-0.2, -0.15) is 5.10 Å². The predicted molar refractivity (Wildman–Crippen MR) is 54.9 cm³/mol. The lowest BCUT2D eigenvalue weighted by atomic mass is 10.1. The van der Waals surface area contributed by atoms with Crippen molar-refractivity contribution in [3.63, 3.8) is 0 Å². The molecule has 0 saturated carbocycles. The second-order valence-electron chi connectivity index (χ2n) is 2.71. The zero-order valence-electron chi connectivity index (χ0n) is 7.07. The Labute approximate surface area is 76.1 Å². The molecule has 0 aliphatic carbocycles. The van der Waals surface area contributed by atoms with Crippen molar-refractivity contribution in [1.29, 1.82) is 0 Å². The third kappa shape index (κ3) is 1.49. The monoisotopic (exact) mass is 171 g/mol. The molecule has 13 heavy (non-hydrogen) atoms. The van der Waals surface area contributed by atoms with Crippen LogP contribution in [0.3, 0.4) is 0 Å². The van der Waals surface area contributed by atoms with E-state index in [1.165, 1.54) is 0 Å².